The van der Waals surface area contributed by atoms with Gasteiger partial charge in [-0.15, -0.1) is 0 Å². The first-order valence-corrected chi connectivity index (χ1v) is 10.6. The highest BCUT2D eigenvalue weighted by Crippen LogP contribution is 2.32. The summed E-state index contributed by atoms with van der Waals surface area (Å²) in [7, 11) is 0. The lowest BCUT2D eigenvalue weighted by molar-refractivity contribution is 0.230. The van der Waals surface area contributed by atoms with Gasteiger partial charge in [-0.25, -0.2) is 9.50 Å². The number of hydrogen-bond acceptors (Lipinski definition) is 4. The Morgan fingerprint density at radius 1 is 1.11 bits per heavy atom. The number of rotatable bonds is 6. The molecule has 1 atom stereocenters. The smallest absolute Gasteiger partial charge is 0.155 e. The molecular formula is C23H28N4O. The van der Waals surface area contributed by atoms with Crippen LogP contribution >= 0.6 is 0 Å². The standard InChI is InChI=1S/C23H28N4O/c1-17-5-3-14-26(17)15-4-16-28-19-10-8-18(9-11-19)23-20-6-2-7-21(20)25-22-12-13-24-27(22)23/h8-13,17H,2-7,14-16H2,1H3/t17-/m1/s1. The SMILES string of the molecule is C[C@@H]1CCCN1CCCOc1ccc(-c2c3c(nc4ccnn24)CCC3)cc1. The number of likely N-dealkylation sites (tertiary alicyclic amines) is 1. The molecule has 0 spiro atoms. The molecule has 3 heterocycles. The third kappa shape index (κ3) is 3.28. The lowest BCUT2D eigenvalue weighted by Crippen LogP contribution is -2.28. The summed E-state index contributed by atoms with van der Waals surface area (Å²) in [4.78, 5) is 7.35. The summed E-state index contributed by atoms with van der Waals surface area (Å²) in [6.45, 7) is 5.49. The van der Waals surface area contributed by atoms with Gasteiger partial charge in [-0.05, 0) is 76.3 Å². The number of benzene rings is 1. The van der Waals surface area contributed by atoms with Gasteiger partial charge in [0, 0.05) is 35.5 Å². The van der Waals surface area contributed by atoms with Gasteiger partial charge in [-0.1, -0.05) is 0 Å². The van der Waals surface area contributed by atoms with E-state index in [1.807, 2.05) is 16.8 Å². The number of aromatic nitrogens is 3. The molecule has 0 amide bonds. The Balaban J connectivity index is 1.28. The molecule has 5 nitrogen and oxygen atoms in total. The van der Waals surface area contributed by atoms with Gasteiger partial charge in [0.1, 0.15) is 5.75 Å². The van der Waals surface area contributed by atoms with Crippen molar-refractivity contribution in [2.24, 2.45) is 0 Å². The molecule has 0 unspecified atom stereocenters. The van der Waals surface area contributed by atoms with Crippen molar-refractivity contribution in [3.63, 3.8) is 0 Å². The van der Waals surface area contributed by atoms with Crippen LogP contribution in [0.15, 0.2) is 36.5 Å². The number of aryl methyl sites for hydroxylation is 1. The van der Waals surface area contributed by atoms with Crippen molar-refractivity contribution in [3.8, 4) is 17.0 Å². The van der Waals surface area contributed by atoms with Crippen LogP contribution in [-0.2, 0) is 12.8 Å². The molecular weight excluding hydrogens is 348 g/mol. The molecule has 146 valence electrons. The van der Waals surface area contributed by atoms with Gasteiger partial charge in [-0.2, -0.15) is 5.10 Å². The minimum atomic E-state index is 0.737. The maximum Gasteiger partial charge on any atom is 0.155 e. The van der Waals surface area contributed by atoms with Gasteiger partial charge < -0.3 is 9.64 Å². The van der Waals surface area contributed by atoms with Crippen molar-refractivity contribution >= 4 is 5.65 Å². The quantitative estimate of drug-likeness (QED) is 0.607. The second kappa shape index (κ2) is 7.55. The van der Waals surface area contributed by atoms with Crippen molar-refractivity contribution in [2.45, 2.75) is 51.5 Å². The average Bonchev–Trinajstić information content (AvgIpc) is 3.45. The Bertz CT molecular complexity index is 963. The molecule has 1 saturated heterocycles. The number of hydrogen-bond donors (Lipinski definition) is 0. The van der Waals surface area contributed by atoms with Gasteiger partial charge in [0.2, 0.25) is 0 Å². The van der Waals surface area contributed by atoms with Gasteiger partial charge in [0.15, 0.2) is 5.65 Å². The van der Waals surface area contributed by atoms with Crippen molar-refractivity contribution < 1.29 is 4.74 Å². The highest BCUT2D eigenvalue weighted by molar-refractivity contribution is 5.68. The van der Waals surface area contributed by atoms with Crippen molar-refractivity contribution in [1.29, 1.82) is 0 Å². The summed E-state index contributed by atoms with van der Waals surface area (Å²) in [5, 5.41) is 4.52. The minimum absolute atomic E-state index is 0.737. The van der Waals surface area contributed by atoms with Gasteiger partial charge >= 0.3 is 0 Å². The molecule has 1 aliphatic heterocycles. The molecule has 1 fully saturated rings. The second-order valence-electron chi connectivity index (χ2n) is 8.09. The fraction of sp³-hybridized carbons (Fsp3) is 0.478. The Labute approximate surface area is 166 Å². The van der Waals surface area contributed by atoms with E-state index in [0.29, 0.717) is 0 Å². The number of fused-ring (bicyclic) bond motifs is 2. The van der Waals surface area contributed by atoms with Crippen LogP contribution in [0, 0.1) is 0 Å². The van der Waals surface area contributed by atoms with Crippen LogP contribution in [-0.4, -0.2) is 45.2 Å². The Hall–Kier alpha value is -2.40. The molecule has 0 radical (unpaired) electrons. The molecule has 5 rings (SSSR count). The first kappa shape index (κ1) is 17.7. The Morgan fingerprint density at radius 3 is 2.82 bits per heavy atom. The average molecular weight is 377 g/mol. The Morgan fingerprint density at radius 2 is 2.00 bits per heavy atom. The lowest BCUT2D eigenvalue weighted by Gasteiger charge is -2.20. The predicted octanol–water partition coefficient (Wildman–Crippen LogP) is 4.14. The topological polar surface area (TPSA) is 42.7 Å². The largest absolute Gasteiger partial charge is 0.494 e. The van der Waals surface area contributed by atoms with Crippen molar-refractivity contribution in [2.75, 3.05) is 19.7 Å². The van der Waals surface area contributed by atoms with E-state index >= 15 is 0 Å². The molecule has 3 aromatic rings. The minimum Gasteiger partial charge on any atom is -0.494 e. The van der Waals surface area contributed by atoms with E-state index in [2.05, 4.69) is 41.2 Å². The highest BCUT2D eigenvalue weighted by Gasteiger charge is 2.21. The summed E-state index contributed by atoms with van der Waals surface area (Å²) in [5.41, 5.74) is 5.90. The van der Waals surface area contributed by atoms with Gasteiger partial charge in [0.05, 0.1) is 18.5 Å². The summed E-state index contributed by atoms with van der Waals surface area (Å²) in [6, 6.07) is 11.2. The van der Waals surface area contributed by atoms with Crippen LogP contribution in [0.1, 0.15) is 43.9 Å². The van der Waals surface area contributed by atoms with Crippen molar-refractivity contribution in [1.82, 2.24) is 19.5 Å². The van der Waals surface area contributed by atoms with Gasteiger partial charge in [0.25, 0.3) is 0 Å². The van der Waals surface area contributed by atoms with Crippen LogP contribution in [0.2, 0.25) is 0 Å². The summed E-state index contributed by atoms with van der Waals surface area (Å²) < 4.78 is 7.98. The van der Waals surface area contributed by atoms with Crippen LogP contribution < -0.4 is 4.74 Å². The molecule has 2 aliphatic rings. The lowest BCUT2D eigenvalue weighted by atomic mass is 10.0. The van der Waals surface area contributed by atoms with Crippen molar-refractivity contribution in [3.05, 3.63) is 47.8 Å². The van der Waals surface area contributed by atoms with Crippen LogP contribution in [0.25, 0.3) is 16.9 Å². The molecule has 2 aromatic heterocycles. The first-order valence-electron chi connectivity index (χ1n) is 10.6. The second-order valence-corrected chi connectivity index (χ2v) is 8.09. The zero-order chi connectivity index (χ0) is 18.9. The summed E-state index contributed by atoms with van der Waals surface area (Å²) in [6.07, 6.45) is 8.93. The van der Waals surface area contributed by atoms with E-state index in [-0.39, 0.29) is 0 Å². The normalized spacial score (nSPS) is 19.4. The molecule has 1 aliphatic carbocycles. The fourth-order valence-electron chi connectivity index (χ4n) is 4.71. The number of ether oxygens (including phenoxy) is 1. The van der Waals surface area contributed by atoms with Gasteiger partial charge in [-0.3, -0.25) is 0 Å². The molecule has 1 aromatic carbocycles. The van der Waals surface area contributed by atoms with E-state index in [0.717, 1.165) is 49.9 Å². The maximum atomic E-state index is 6.00. The van der Waals surface area contributed by atoms with Crippen LogP contribution in [0.3, 0.4) is 0 Å². The van der Waals surface area contributed by atoms with E-state index in [1.165, 1.54) is 48.3 Å². The van der Waals surface area contributed by atoms with E-state index in [1.54, 1.807) is 0 Å². The zero-order valence-electron chi connectivity index (χ0n) is 16.6. The number of nitrogens with zero attached hydrogens (tertiary/aromatic N) is 4. The molecule has 0 N–H and O–H groups in total. The first-order chi connectivity index (χ1) is 13.8. The summed E-state index contributed by atoms with van der Waals surface area (Å²) in [5.74, 6) is 0.945. The predicted molar refractivity (Wildman–Crippen MR) is 111 cm³/mol. The van der Waals surface area contributed by atoms with Crippen LogP contribution in [0.4, 0.5) is 0 Å². The van der Waals surface area contributed by atoms with Crippen LogP contribution in [0.5, 0.6) is 5.75 Å². The maximum absolute atomic E-state index is 6.00. The zero-order valence-corrected chi connectivity index (χ0v) is 16.6. The third-order valence-corrected chi connectivity index (χ3v) is 6.24. The third-order valence-electron chi connectivity index (χ3n) is 6.24. The summed E-state index contributed by atoms with van der Waals surface area (Å²) >= 11 is 0. The molecule has 28 heavy (non-hydrogen) atoms. The molecule has 0 saturated carbocycles. The highest BCUT2D eigenvalue weighted by atomic mass is 16.5. The van der Waals surface area contributed by atoms with E-state index in [4.69, 9.17) is 9.72 Å². The van der Waals surface area contributed by atoms with E-state index < -0.39 is 0 Å². The fourth-order valence-corrected chi connectivity index (χ4v) is 4.71. The Kier molecular flexibility index (Phi) is 4.77. The molecule has 0 bridgehead atoms. The monoisotopic (exact) mass is 376 g/mol. The molecule has 5 heteroatoms. The van der Waals surface area contributed by atoms with E-state index in [9.17, 15) is 0 Å².